The van der Waals surface area contributed by atoms with Gasteiger partial charge >= 0.3 is 0 Å². The Labute approximate surface area is 214 Å². The number of hydrogen-bond acceptors (Lipinski definition) is 8. The third kappa shape index (κ3) is 3.18. The Kier molecular flexibility index (Phi) is 4.93. The summed E-state index contributed by atoms with van der Waals surface area (Å²) >= 11 is 0. The van der Waals surface area contributed by atoms with E-state index in [9.17, 15) is 4.79 Å². The van der Waals surface area contributed by atoms with E-state index in [2.05, 4.69) is 47.7 Å². The highest BCUT2D eigenvalue weighted by molar-refractivity contribution is 6.06. The molecule has 1 amide bonds. The molecule has 3 aliphatic heterocycles. The van der Waals surface area contributed by atoms with Crippen LogP contribution in [0.4, 0.5) is 5.69 Å². The van der Waals surface area contributed by atoms with Crippen molar-refractivity contribution in [2.24, 2.45) is 0 Å². The number of likely N-dealkylation sites (tertiary alicyclic amines) is 1. The summed E-state index contributed by atoms with van der Waals surface area (Å²) in [6, 6.07) is 6.33. The van der Waals surface area contributed by atoms with Crippen LogP contribution < -0.4 is 5.32 Å². The predicted molar refractivity (Wildman–Crippen MR) is 138 cm³/mol. The summed E-state index contributed by atoms with van der Waals surface area (Å²) in [5.74, 6) is 1.48. The Hall–Kier alpha value is -3.76. The average molecular weight is 497 g/mol. The van der Waals surface area contributed by atoms with E-state index in [4.69, 9.17) is 9.72 Å². The molecule has 3 aliphatic rings. The van der Waals surface area contributed by atoms with Crippen molar-refractivity contribution in [2.75, 3.05) is 18.5 Å². The predicted octanol–water partition coefficient (Wildman–Crippen LogP) is 3.31. The topological polar surface area (TPSA) is 111 Å². The van der Waals surface area contributed by atoms with Crippen molar-refractivity contribution >= 4 is 22.8 Å². The van der Waals surface area contributed by atoms with Gasteiger partial charge in [0.25, 0.3) is 0 Å². The molecule has 0 radical (unpaired) electrons. The van der Waals surface area contributed by atoms with Crippen molar-refractivity contribution in [3.8, 4) is 22.6 Å². The molecule has 0 saturated carbocycles. The molecule has 2 saturated heterocycles. The summed E-state index contributed by atoms with van der Waals surface area (Å²) in [7, 11) is 0. The van der Waals surface area contributed by atoms with Crippen molar-refractivity contribution in [3.05, 3.63) is 48.3 Å². The second kappa shape index (κ2) is 8.12. The number of carbonyl (C=O) groups is 1. The van der Waals surface area contributed by atoms with Gasteiger partial charge in [-0.25, -0.2) is 24.9 Å². The van der Waals surface area contributed by atoms with E-state index in [-0.39, 0.29) is 18.1 Å². The van der Waals surface area contributed by atoms with Gasteiger partial charge in [0.2, 0.25) is 5.91 Å². The van der Waals surface area contributed by atoms with Crippen LogP contribution in [0.2, 0.25) is 0 Å². The summed E-state index contributed by atoms with van der Waals surface area (Å²) in [5, 5.41) is 3.12. The number of ether oxygens (including phenoxy) is 1. The van der Waals surface area contributed by atoms with Crippen LogP contribution in [0.5, 0.6) is 0 Å². The van der Waals surface area contributed by atoms with E-state index in [0.29, 0.717) is 17.9 Å². The second-order valence-corrected chi connectivity index (χ2v) is 10.1. The molecule has 0 bridgehead atoms. The Balaban J connectivity index is 1.36. The van der Waals surface area contributed by atoms with Gasteiger partial charge in [-0.3, -0.25) is 9.69 Å². The third-order valence-corrected chi connectivity index (χ3v) is 8.20. The van der Waals surface area contributed by atoms with Gasteiger partial charge in [-0.1, -0.05) is 6.07 Å². The maximum Gasteiger partial charge on any atom is 0.249 e. The highest BCUT2D eigenvalue weighted by Crippen LogP contribution is 2.47. The molecule has 2 unspecified atom stereocenters. The van der Waals surface area contributed by atoms with Crippen molar-refractivity contribution in [2.45, 2.75) is 57.8 Å². The first-order valence-corrected chi connectivity index (χ1v) is 12.8. The van der Waals surface area contributed by atoms with E-state index < -0.39 is 5.54 Å². The van der Waals surface area contributed by atoms with Crippen molar-refractivity contribution in [1.29, 1.82) is 0 Å². The monoisotopic (exact) mass is 496 g/mol. The number of nitrogens with zero attached hydrogens (tertiary/aromatic N) is 7. The van der Waals surface area contributed by atoms with Crippen LogP contribution in [-0.2, 0) is 21.6 Å². The maximum absolute atomic E-state index is 13.4. The number of aryl methyl sites for hydroxylation is 2. The van der Waals surface area contributed by atoms with Gasteiger partial charge in [-0.2, -0.15) is 0 Å². The fourth-order valence-corrected chi connectivity index (χ4v) is 6.29. The smallest absolute Gasteiger partial charge is 0.249 e. The summed E-state index contributed by atoms with van der Waals surface area (Å²) < 4.78 is 7.99. The largest absolute Gasteiger partial charge is 0.376 e. The molecule has 10 nitrogen and oxygen atoms in total. The van der Waals surface area contributed by atoms with Crippen molar-refractivity contribution < 1.29 is 9.53 Å². The number of fused-ring (bicyclic) bond motifs is 3. The Morgan fingerprint density at radius 2 is 1.97 bits per heavy atom. The number of hydrogen-bond donors (Lipinski definition) is 1. The van der Waals surface area contributed by atoms with Crippen LogP contribution in [0.15, 0.2) is 36.9 Å². The van der Waals surface area contributed by atoms with Crippen LogP contribution in [0, 0.1) is 6.92 Å². The fraction of sp³-hybridized carbons (Fsp3) is 0.407. The maximum atomic E-state index is 13.4. The molecule has 6 heterocycles. The zero-order valence-corrected chi connectivity index (χ0v) is 21.1. The van der Waals surface area contributed by atoms with Gasteiger partial charge in [0.05, 0.1) is 11.7 Å². The molecular weight excluding hydrogens is 468 g/mol. The molecule has 4 aromatic rings. The summed E-state index contributed by atoms with van der Waals surface area (Å²) in [5.41, 5.74) is 4.99. The van der Waals surface area contributed by atoms with Crippen molar-refractivity contribution in [3.63, 3.8) is 0 Å². The lowest BCUT2D eigenvalue weighted by Gasteiger charge is -2.37. The molecular formula is C27H28N8O2. The van der Waals surface area contributed by atoms with Crippen molar-refractivity contribution in [1.82, 2.24) is 34.4 Å². The number of carbonyl (C=O) groups excluding carboxylic acids is 1. The standard InChI is InChI=1S/C27H28N8O2/c1-4-34-24(17-12-28-15(2)29-13-17)33-23-22(30-14-31-25(23)34)16-5-6-19-18(11-16)27(3,26(36)32-19)35-9-7-21-20(35)8-10-37-21/h5-6,11-14,20-21H,4,7-10H2,1-3H3,(H,32,36)/t20?,21?,27-/m1/s1. The highest BCUT2D eigenvalue weighted by Gasteiger charge is 2.54. The summed E-state index contributed by atoms with van der Waals surface area (Å²) in [4.78, 5) is 38.7. The first-order chi connectivity index (χ1) is 18.0. The van der Waals surface area contributed by atoms with Crippen LogP contribution in [0.25, 0.3) is 33.8 Å². The van der Waals surface area contributed by atoms with Gasteiger partial charge in [0, 0.05) is 54.9 Å². The number of benzene rings is 1. The van der Waals surface area contributed by atoms with E-state index in [1.165, 1.54) is 0 Å². The zero-order valence-electron chi connectivity index (χ0n) is 21.1. The van der Waals surface area contributed by atoms with Gasteiger partial charge in [0.1, 0.15) is 34.7 Å². The third-order valence-electron chi connectivity index (χ3n) is 8.20. The summed E-state index contributed by atoms with van der Waals surface area (Å²) in [6.07, 6.45) is 7.27. The van der Waals surface area contributed by atoms with E-state index >= 15 is 0 Å². The minimum absolute atomic E-state index is 0.0111. The first kappa shape index (κ1) is 22.4. The highest BCUT2D eigenvalue weighted by atomic mass is 16.5. The molecule has 10 heteroatoms. The molecule has 3 atom stereocenters. The lowest BCUT2D eigenvalue weighted by molar-refractivity contribution is -0.127. The minimum Gasteiger partial charge on any atom is -0.376 e. The fourth-order valence-electron chi connectivity index (χ4n) is 6.29. The van der Waals surface area contributed by atoms with E-state index in [0.717, 1.165) is 65.5 Å². The molecule has 1 N–H and O–H groups in total. The summed E-state index contributed by atoms with van der Waals surface area (Å²) in [6.45, 7) is 8.24. The Morgan fingerprint density at radius 3 is 2.78 bits per heavy atom. The Morgan fingerprint density at radius 1 is 1.14 bits per heavy atom. The van der Waals surface area contributed by atoms with Crippen LogP contribution in [0.3, 0.4) is 0 Å². The van der Waals surface area contributed by atoms with Gasteiger partial charge in [-0.05, 0) is 45.7 Å². The lowest BCUT2D eigenvalue weighted by Crippen LogP contribution is -2.51. The number of amides is 1. The number of rotatable bonds is 4. The van der Waals surface area contributed by atoms with Crippen LogP contribution >= 0.6 is 0 Å². The normalized spacial score (nSPS) is 25.0. The van der Waals surface area contributed by atoms with Crippen LogP contribution in [-0.4, -0.2) is 65.6 Å². The minimum atomic E-state index is -0.766. The Bertz CT molecular complexity index is 1550. The van der Waals surface area contributed by atoms with E-state index in [1.54, 1.807) is 18.7 Å². The van der Waals surface area contributed by atoms with Crippen LogP contribution in [0.1, 0.15) is 38.1 Å². The van der Waals surface area contributed by atoms with Gasteiger partial charge in [0.15, 0.2) is 5.65 Å². The lowest BCUT2D eigenvalue weighted by atomic mass is 9.88. The second-order valence-electron chi connectivity index (χ2n) is 10.1. The van der Waals surface area contributed by atoms with Gasteiger partial charge in [-0.15, -0.1) is 0 Å². The number of aromatic nitrogens is 6. The molecule has 2 fully saturated rings. The molecule has 7 rings (SSSR count). The number of anilines is 1. The number of imidazole rings is 1. The SMILES string of the molecule is CCn1c(-c2cnc(C)nc2)nc2c(-c3ccc4c(c3)[C@@](C)(N3CCC5OCCC53)C(=O)N4)ncnc21. The first-order valence-electron chi connectivity index (χ1n) is 12.8. The molecule has 0 spiro atoms. The average Bonchev–Trinajstić information content (AvgIpc) is 3.66. The number of nitrogens with one attached hydrogen (secondary N) is 1. The molecule has 3 aromatic heterocycles. The molecule has 37 heavy (non-hydrogen) atoms. The van der Waals surface area contributed by atoms with E-state index in [1.807, 2.05) is 26.0 Å². The molecule has 188 valence electrons. The quantitative estimate of drug-likeness (QED) is 0.458. The molecule has 0 aliphatic carbocycles. The zero-order chi connectivity index (χ0) is 25.3. The van der Waals surface area contributed by atoms with Gasteiger partial charge < -0.3 is 14.6 Å². The molecule has 1 aromatic carbocycles.